The molecule has 2 aromatic carbocycles. The number of rotatable bonds is 9. The highest BCUT2D eigenvalue weighted by Crippen LogP contribution is 2.23. The zero-order valence-electron chi connectivity index (χ0n) is 20.0. The van der Waals surface area contributed by atoms with E-state index in [1.165, 1.54) is 22.7 Å². The van der Waals surface area contributed by atoms with Crippen LogP contribution in [-0.4, -0.2) is 36.8 Å². The first kappa shape index (κ1) is 26.6. The minimum Gasteiger partial charge on any atom is -0.459 e. The molecule has 3 aromatic rings. The van der Waals surface area contributed by atoms with Crippen LogP contribution in [0.15, 0.2) is 81.1 Å². The molecule has 0 aliphatic heterocycles. The summed E-state index contributed by atoms with van der Waals surface area (Å²) in [6.45, 7) is 0.0640. The van der Waals surface area contributed by atoms with E-state index in [2.05, 4.69) is 15.8 Å². The van der Waals surface area contributed by atoms with Gasteiger partial charge in [-0.05, 0) is 54.8 Å². The first-order valence-electron chi connectivity index (χ1n) is 11.8. The fraction of sp³-hybridized carbons (Fsp3) is 0.269. The minimum absolute atomic E-state index is 0.0258. The van der Waals surface area contributed by atoms with Gasteiger partial charge in [-0.1, -0.05) is 54.8 Å². The molecule has 1 aromatic heterocycles. The lowest BCUT2D eigenvalue weighted by molar-refractivity contribution is -0.139. The number of hydrogen-bond acceptors (Lipinski definition) is 6. The Labute approximate surface area is 220 Å². The van der Waals surface area contributed by atoms with E-state index in [1.54, 1.807) is 54.6 Å². The van der Waals surface area contributed by atoms with Crippen LogP contribution in [0.2, 0.25) is 5.02 Å². The molecule has 4 rings (SSSR count). The average molecular weight is 543 g/mol. The molecular weight excluding hydrogens is 516 g/mol. The van der Waals surface area contributed by atoms with Crippen molar-refractivity contribution in [2.75, 3.05) is 0 Å². The van der Waals surface area contributed by atoms with Crippen LogP contribution in [0.1, 0.15) is 42.8 Å². The van der Waals surface area contributed by atoms with E-state index < -0.39 is 21.8 Å². The summed E-state index contributed by atoms with van der Waals surface area (Å²) in [5.74, 6) is -0.929. The fourth-order valence-electron chi connectivity index (χ4n) is 4.01. The monoisotopic (exact) mass is 542 g/mol. The lowest BCUT2D eigenvalue weighted by atomic mass is 10.2. The van der Waals surface area contributed by atoms with Crippen LogP contribution in [0.4, 0.5) is 0 Å². The number of nitrogens with one attached hydrogen (secondary N) is 2. The summed E-state index contributed by atoms with van der Waals surface area (Å²) in [4.78, 5) is 24.1. The van der Waals surface area contributed by atoms with Crippen LogP contribution in [0, 0.1) is 0 Å². The second-order valence-corrected chi connectivity index (χ2v) is 11.0. The third kappa shape index (κ3) is 7.28. The van der Waals surface area contributed by atoms with Crippen molar-refractivity contribution in [2.24, 2.45) is 5.10 Å². The number of benzene rings is 2. The molecule has 11 heteroatoms. The van der Waals surface area contributed by atoms with Gasteiger partial charge in [-0.25, -0.2) is 13.8 Å². The van der Waals surface area contributed by atoms with E-state index in [0.29, 0.717) is 10.8 Å². The highest BCUT2D eigenvalue weighted by molar-refractivity contribution is 7.89. The fourth-order valence-corrected chi connectivity index (χ4v) is 5.55. The molecule has 1 saturated carbocycles. The molecule has 0 bridgehead atoms. The third-order valence-electron chi connectivity index (χ3n) is 5.92. The van der Waals surface area contributed by atoms with Crippen LogP contribution >= 0.6 is 11.6 Å². The number of hydrazone groups is 1. The van der Waals surface area contributed by atoms with E-state index in [0.717, 1.165) is 31.2 Å². The minimum atomic E-state index is -3.84. The Hall–Kier alpha value is -3.47. The first-order chi connectivity index (χ1) is 17.8. The van der Waals surface area contributed by atoms with Crippen molar-refractivity contribution >= 4 is 39.7 Å². The van der Waals surface area contributed by atoms with Crippen molar-refractivity contribution in [1.82, 2.24) is 15.0 Å². The lowest BCUT2D eigenvalue weighted by Crippen LogP contribution is -2.42. The van der Waals surface area contributed by atoms with Gasteiger partial charge >= 0.3 is 11.8 Å². The number of sulfonamides is 1. The Kier molecular flexibility index (Phi) is 8.75. The smallest absolute Gasteiger partial charge is 0.329 e. The van der Waals surface area contributed by atoms with Gasteiger partial charge in [-0.3, -0.25) is 9.59 Å². The second kappa shape index (κ2) is 12.2. The molecule has 1 aliphatic rings. The Bertz CT molecular complexity index is 1350. The van der Waals surface area contributed by atoms with Crippen molar-refractivity contribution < 1.29 is 22.4 Å². The van der Waals surface area contributed by atoms with Gasteiger partial charge in [0.1, 0.15) is 11.5 Å². The first-order valence-corrected chi connectivity index (χ1v) is 13.7. The van der Waals surface area contributed by atoms with E-state index in [1.807, 2.05) is 0 Å². The molecule has 0 saturated heterocycles. The number of halogens is 1. The third-order valence-corrected chi connectivity index (χ3v) is 7.98. The molecule has 1 fully saturated rings. The molecule has 37 heavy (non-hydrogen) atoms. The second-order valence-electron chi connectivity index (χ2n) is 8.67. The summed E-state index contributed by atoms with van der Waals surface area (Å²) in [5, 5.41) is 7.02. The van der Waals surface area contributed by atoms with Gasteiger partial charge in [0.15, 0.2) is 0 Å². The molecular formula is C26H27ClN4O5S. The van der Waals surface area contributed by atoms with Gasteiger partial charge in [-0.15, -0.1) is 0 Å². The van der Waals surface area contributed by atoms with Crippen molar-refractivity contribution in [3.05, 3.63) is 88.8 Å². The van der Waals surface area contributed by atoms with Gasteiger partial charge in [0, 0.05) is 17.6 Å². The molecule has 1 aliphatic carbocycles. The van der Waals surface area contributed by atoms with Gasteiger partial charge in [0.05, 0.1) is 17.7 Å². The normalized spacial score (nSPS) is 14.3. The number of carbonyl (C=O) groups is 2. The van der Waals surface area contributed by atoms with Crippen LogP contribution in [0.3, 0.4) is 0 Å². The molecule has 1 heterocycles. The predicted molar refractivity (Wildman–Crippen MR) is 139 cm³/mol. The van der Waals surface area contributed by atoms with Crippen molar-refractivity contribution in [1.29, 1.82) is 0 Å². The zero-order chi connectivity index (χ0) is 26.3. The quantitative estimate of drug-likeness (QED) is 0.242. The lowest BCUT2D eigenvalue weighted by Gasteiger charge is -2.21. The van der Waals surface area contributed by atoms with E-state index in [4.69, 9.17) is 16.0 Å². The molecule has 0 atom stereocenters. The Morgan fingerprint density at radius 1 is 0.973 bits per heavy atom. The number of hydrogen-bond donors (Lipinski definition) is 2. The van der Waals surface area contributed by atoms with Crippen LogP contribution < -0.4 is 10.7 Å². The standard InChI is InChI=1S/C26H27ClN4O5S/c27-20-12-10-19(11-13-20)17-31(37(34,35)24-8-2-1-3-9-24)18-23-15-14-22(36-23)16-28-30-26(33)25(32)29-21-6-4-5-7-21/h1-3,8-16,21H,4-7,17-18H2,(H,29,32)(H,30,33)/b28-16+. The predicted octanol–water partition coefficient (Wildman–Crippen LogP) is 3.83. The average Bonchev–Trinajstić information content (AvgIpc) is 3.57. The highest BCUT2D eigenvalue weighted by Gasteiger charge is 2.26. The largest absolute Gasteiger partial charge is 0.459 e. The molecule has 0 radical (unpaired) electrons. The Morgan fingerprint density at radius 2 is 1.68 bits per heavy atom. The molecule has 0 unspecified atom stereocenters. The SMILES string of the molecule is O=C(N/N=C/c1ccc(CN(Cc2ccc(Cl)cc2)S(=O)(=O)c2ccccc2)o1)C(=O)NC1CCCC1. The van der Waals surface area contributed by atoms with Crippen molar-refractivity contribution in [3.8, 4) is 0 Å². The van der Waals surface area contributed by atoms with Gasteiger partial charge in [0.2, 0.25) is 10.0 Å². The van der Waals surface area contributed by atoms with E-state index in [-0.39, 0.29) is 29.8 Å². The van der Waals surface area contributed by atoms with Gasteiger partial charge in [0.25, 0.3) is 0 Å². The maximum atomic E-state index is 13.4. The molecule has 2 amide bonds. The zero-order valence-corrected chi connectivity index (χ0v) is 21.5. The molecule has 9 nitrogen and oxygen atoms in total. The van der Waals surface area contributed by atoms with E-state index >= 15 is 0 Å². The number of carbonyl (C=O) groups excluding carboxylic acids is 2. The summed E-state index contributed by atoms with van der Waals surface area (Å²) in [6.07, 6.45) is 5.06. The summed E-state index contributed by atoms with van der Waals surface area (Å²) < 4.78 is 33.8. The van der Waals surface area contributed by atoms with Crippen LogP contribution in [0.25, 0.3) is 0 Å². The Balaban J connectivity index is 1.43. The maximum Gasteiger partial charge on any atom is 0.329 e. The van der Waals surface area contributed by atoms with Crippen LogP contribution in [0.5, 0.6) is 0 Å². The van der Waals surface area contributed by atoms with Crippen molar-refractivity contribution in [3.63, 3.8) is 0 Å². The summed E-state index contributed by atoms with van der Waals surface area (Å²) in [5.41, 5.74) is 2.94. The maximum absolute atomic E-state index is 13.4. The topological polar surface area (TPSA) is 121 Å². The molecule has 194 valence electrons. The van der Waals surface area contributed by atoms with Gasteiger partial charge in [-0.2, -0.15) is 9.41 Å². The highest BCUT2D eigenvalue weighted by atomic mass is 35.5. The van der Waals surface area contributed by atoms with Crippen molar-refractivity contribution in [2.45, 2.75) is 49.7 Å². The number of furan rings is 1. The number of amides is 2. The van der Waals surface area contributed by atoms with E-state index in [9.17, 15) is 18.0 Å². The Morgan fingerprint density at radius 3 is 2.38 bits per heavy atom. The molecule has 0 spiro atoms. The number of nitrogens with zero attached hydrogens (tertiary/aromatic N) is 2. The molecule has 2 N–H and O–H groups in total. The van der Waals surface area contributed by atoms with Gasteiger partial charge < -0.3 is 9.73 Å². The van der Waals surface area contributed by atoms with Crippen LogP contribution in [-0.2, 0) is 32.7 Å². The summed E-state index contributed by atoms with van der Waals surface area (Å²) in [6, 6.07) is 18.3. The summed E-state index contributed by atoms with van der Waals surface area (Å²) >= 11 is 5.98. The summed E-state index contributed by atoms with van der Waals surface area (Å²) in [7, 11) is -3.84.